The van der Waals surface area contributed by atoms with Gasteiger partial charge >= 0.3 is 5.67 Å². The van der Waals surface area contributed by atoms with Gasteiger partial charge in [0.2, 0.25) is 11.6 Å². The zero-order chi connectivity index (χ0) is 16.8. The molecule has 0 aliphatic heterocycles. The Kier molecular flexibility index (Phi) is 6.02. The summed E-state index contributed by atoms with van der Waals surface area (Å²) >= 11 is 0. The number of nitrogens with two attached hydrogens (primary N) is 1. The molecule has 2 aromatic rings. The second-order valence-corrected chi connectivity index (χ2v) is 5.11. The molecule has 0 saturated carbocycles. The number of aromatic nitrogens is 4. The van der Waals surface area contributed by atoms with E-state index in [0.29, 0.717) is 6.42 Å². The van der Waals surface area contributed by atoms with Crippen molar-refractivity contribution in [1.82, 2.24) is 19.7 Å². The van der Waals surface area contributed by atoms with Crippen molar-refractivity contribution in [3.05, 3.63) is 16.7 Å². The number of H-pyrrole nitrogens is 1. The van der Waals surface area contributed by atoms with Gasteiger partial charge in [0.05, 0.1) is 13.2 Å². The molecule has 0 amide bonds. The summed E-state index contributed by atoms with van der Waals surface area (Å²) in [4.78, 5) is 47.0. The van der Waals surface area contributed by atoms with Gasteiger partial charge in [-0.25, -0.2) is 4.98 Å². The number of ether oxygens (including phenoxy) is 2. The first-order valence-corrected chi connectivity index (χ1v) is 7.89. The molecule has 1 unspecified atom stereocenters. The van der Waals surface area contributed by atoms with Gasteiger partial charge in [-0.3, -0.25) is 19.3 Å². The molecule has 1 atom stereocenters. The number of rotatable bonds is 8. The number of nitrogens with zero attached hydrogens (tertiary/aromatic N) is 3. The van der Waals surface area contributed by atoms with Crippen LogP contribution >= 0.6 is 8.00 Å². The van der Waals surface area contributed by atoms with Crippen molar-refractivity contribution in [2.45, 2.75) is 13.3 Å². The molecule has 0 aliphatic carbocycles. The van der Waals surface area contributed by atoms with E-state index in [1.165, 1.54) is 11.1 Å². The van der Waals surface area contributed by atoms with E-state index in [4.69, 9.17) is 24.9 Å². The van der Waals surface area contributed by atoms with E-state index in [0.717, 1.165) is 0 Å². The van der Waals surface area contributed by atoms with Crippen molar-refractivity contribution in [2.24, 2.45) is 0 Å². The standard InChI is InChI=1S/C11H16N5O6P/c1-2-20-11(23(18)19)21-4-3-5-22-16-6-13-7-8(16)14-10(12)15-9(7)17/h6H,2-5H2,1H3,(H,18,19)(H3,12,14,15,17). The summed E-state index contributed by atoms with van der Waals surface area (Å²) in [5.74, 6) is -0.0427. The van der Waals surface area contributed by atoms with Crippen molar-refractivity contribution in [3.63, 3.8) is 0 Å². The molecule has 0 fully saturated rings. The number of hydrogen-bond acceptors (Lipinski definition) is 9. The maximum Gasteiger partial charge on any atom is 0.398 e. The van der Waals surface area contributed by atoms with Crippen LogP contribution in [0.1, 0.15) is 13.3 Å². The fourth-order valence-electron chi connectivity index (χ4n) is 1.66. The summed E-state index contributed by atoms with van der Waals surface area (Å²) in [7, 11) is -2.65. The minimum Gasteiger partial charge on any atom is -0.599 e. The fraction of sp³-hybridized carbons (Fsp3) is 0.455. The van der Waals surface area contributed by atoms with Crippen molar-refractivity contribution in [1.29, 1.82) is 0 Å². The van der Waals surface area contributed by atoms with Crippen LogP contribution in [-0.4, -0.2) is 50.1 Å². The smallest absolute Gasteiger partial charge is 0.398 e. The summed E-state index contributed by atoms with van der Waals surface area (Å²) in [6.45, 7) is 2.23. The lowest BCUT2D eigenvalue weighted by Gasteiger charge is -2.07. The van der Waals surface area contributed by atoms with Gasteiger partial charge in [0, 0.05) is 6.42 Å². The highest BCUT2D eigenvalue weighted by Crippen LogP contribution is 2.08. The maximum atomic E-state index is 11.6. The largest absolute Gasteiger partial charge is 0.599 e. The molecule has 2 aromatic heterocycles. The van der Waals surface area contributed by atoms with Crippen LogP contribution in [0.3, 0.4) is 0 Å². The number of fused-ring (bicyclic) bond motifs is 1. The van der Waals surface area contributed by atoms with Gasteiger partial charge in [-0.2, -0.15) is 14.6 Å². The number of anilines is 1. The fourth-order valence-corrected chi connectivity index (χ4v) is 2.10. The van der Waals surface area contributed by atoms with Crippen molar-refractivity contribution in [3.8, 4) is 0 Å². The first-order valence-electron chi connectivity index (χ1n) is 6.67. The molecule has 0 radical (unpaired) electrons. The molecule has 4 N–H and O–H groups in total. The summed E-state index contributed by atoms with van der Waals surface area (Å²) in [6.07, 6.45) is 1.70. The van der Waals surface area contributed by atoms with Crippen LogP contribution < -0.4 is 21.0 Å². The van der Waals surface area contributed by atoms with Crippen LogP contribution in [0, 0.1) is 0 Å². The van der Waals surface area contributed by atoms with Crippen molar-refractivity contribution >= 4 is 30.8 Å². The summed E-state index contributed by atoms with van der Waals surface area (Å²) in [5, 5.41) is 0. The van der Waals surface area contributed by atoms with Gasteiger partial charge in [-0.1, -0.05) is 0 Å². The number of imidazole rings is 1. The first kappa shape index (κ1) is 17.3. The van der Waals surface area contributed by atoms with Crippen LogP contribution in [0.5, 0.6) is 0 Å². The second-order valence-electron chi connectivity index (χ2n) is 4.20. The number of aromatic amines is 1. The third-order valence-corrected chi connectivity index (χ3v) is 3.13. The normalized spacial score (nSPS) is 12.5. The number of nitrogens with one attached hydrogen (secondary N) is 1. The Morgan fingerprint density at radius 2 is 2.30 bits per heavy atom. The molecule has 23 heavy (non-hydrogen) atoms. The van der Waals surface area contributed by atoms with Gasteiger partial charge in [-0.15, -0.1) is 0 Å². The van der Waals surface area contributed by atoms with Gasteiger partial charge in [0.15, 0.2) is 5.52 Å². The van der Waals surface area contributed by atoms with Crippen LogP contribution in [0.4, 0.5) is 5.95 Å². The van der Waals surface area contributed by atoms with E-state index in [9.17, 15) is 9.69 Å². The van der Waals surface area contributed by atoms with Crippen LogP contribution in [0.2, 0.25) is 0 Å². The van der Waals surface area contributed by atoms with Crippen LogP contribution in [-0.2, 0) is 9.47 Å². The molecule has 0 bridgehead atoms. The Bertz CT molecular complexity index is 753. The third-order valence-electron chi connectivity index (χ3n) is 2.56. The summed E-state index contributed by atoms with van der Waals surface area (Å²) < 4.78 is 11.2. The molecule has 12 heteroatoms. The van der Waals surface area contributed by atoms with Crippen molar-refractivity contribution in [2.75, 3.05) is 25.6 Å². The second kappa shape index (κ2) is 7.99. The Morgan fingerprint density at radius 3 is 3.00 bits per heavy atom. The van der Waals surface area contributed by atoms with Gasteiger partial charge in [0.1, 0.15) is 12.9 Å². The van der Waals surface area contributed by atoms with Crippen LogP contribution in [0.15, 0.2) is 11.1 Å². The minimum atomic E-state index is -2.65. The molecule has 0 aromatic carbocycles. The molecule has 0 aliphatic rings. The number of hydrogen-bond donors (Lipinski definition) is 3. The highest BCUT2D eigenvalue weighted by molar-refractivity contribution is 7.44. The summed E-state index contributed by atoms with van der Waals surface area (Å²) in [6, 6.07) is 0. The maximum absolute atomic E-state index is 11.6. The lowest BCUT2D eigenvalue weighted by atomic mass is 10.5. The summed E-state index contributed by atoms with van der Waals surface area (Å²) in [5.41, 5.74) is 5.01. The highest BCUT2D eigenvalue weighted by Gasteiger charge is 2.12. The molecule has 0 saturated heterocycles. The third kappa shape index (κ3) is 4.47. The quantitative estimate of drug-likeness (QED) is 0.375. The highest BCUT2D eigenvalue weighted by atomic mass is 31.1. The molecule has 11 nitrogen and oxygen atoms in total. The minimum absolute atomic E-state index is 0.0427. The molecule has 2 rings (SSSR count). The monoisotopic (exact) mass is 345 g/mol. The molecular weight excluding hydrogens is 329 g/mol. The Hall–Kier alpha value is -2.04. The Morgan fingerprint density at radius 1 is 1.52 bits per heavy atom. The average Bonchev–Trinajstić information content (AvgIpc) is 2.89. The van der Waals surface area contributed by atoms with Crippen molar-refractivity contribution < 1.29 is 24.1 Å². The van der Waals surface area contributed by atoms with E-state index in [-0.39, 0.29) is 42.6 Å². The zero-order valence-corrected chi connectivity index (χ0v) is 13.2. The molecule has 0 spiro atoms. The van der Waals surface area contributed by atoms with E-state index in [1.807, 2.05) is 0 Å². The van der Waals surface area contributed by atoms with Gasteiger partial charge in [0.25, 0.3) is 13.6 Å². The SMILES string of the molecule is CCO/C(OCCCOn1cnc2c(=O)[nH]c(N)nc21)=[P+](/[O-])O. The van der Waals surface area contributed by atoms with E-state index < -0.39 is 13.6 Å². The number of nitrogen functional groups attached to an aromatic ring is 1. The van der Waals surface area contributed by atoms with E-state index in [2.05, 4.69) is 15.0 Å². The lowest BCUT2D eigenvalue weighted by Crippen LogP contribution is -2.18. The zero-order valence-electron chi connectivity index (χ0n) is 12.3. The first-order chi connectivity index (χ1) is 11.0. The Labute approximate surface area is 131 Å². The van der Waals surface area contributed by atoms with Crippen LogP contribution in [0.25, 0.3) is 11.2 Å². The van der Waals surface area contributed by atoms with Gasteiger partial charge < -0.3 is 15.5 Å². The Balaban J connectivity index is 1.88. The molecule has 126 valence electrons. The average molecular weight is 345 g/mol. The lowest BCUT2D eigenvalue weighted by molar-refractivity contribution is -0.169. The van der Waals surface area contributed by atoms with E-state index in [1.54, 1.807) is 6.92 Å². The van der Waals surface area contributed by atoms with E-state index >= 15 is 0 Å². The molecular formula is C11H16N5O6P. The predicted molar refractivity (Wildman–Crippen MR) is 80.3 cm³/mol. The topological polar surface area (TPSA) is 161 Å². The molecule has 2 heterocycles. The predicted octanol–water partition coefficient (Wildman–Crippen LogP) is -1.67. The van der Waals surface area contributed by atoms with Gasteiger partial charge in [-0.05, 0) is 6.92 Å².